The third kappa shape index (κ3) is 5.17. The molecule has 1 saturated heterocycles. The van der Waals surface area contributed by atoms with Crippen LogP contribution in [0.25, 0.3) is 5.76 Å². The Kier molecular flexibility index (Phi) is 8.20. The lowest BCUT2D eigenvalue weighted by Crippen LogP contribution is -2.29. The second kappa shape index (κ2) is 11.6. The van der Waals surface area contributed by atoms with E-state index in [0.29, 0.717) is 40.7 Å². The maximum absolute atomic E-state index is 13.5. The number of Topliss-reactive ketones (excluding diaryl/α,β-unsaturated/α-hetero) is 1. The molecule has 1 fully saturated rings. The van der Waals surface area contributed by atoms with E-state index in [0.717, 1.165) is 11.3 Å². The SMILES string of the molecule is CCOC(=O)c1sc(N2C(=O)C(=O)/C(=C(/O)c3cccc(OCC)c3)C2c2ccc(OC)c(OC)c2)nc1C. The maximum atomic E-state index is 13.5. The van der Waals surface area contributed by atoms with Gasteiger partial charge in [0.25, 0.3) is 5.78 Å². The molecule has 2 aromatic carbocycles. The van der Waals surface area contributed by atoms with Gasteiger partial charge < -0.3 is 24.1 Å². The van der Waals surface area contributed by atoms with Gasteiger partial charge in [-0.2, -0.15) is 0 Å². The van der Waals surface area contributed by atoms with E-state index in [1.807, 2.05) is 6.92 Å². The number of carbonyl (C=O) groups excluding carboxylic acids is 3. The minimum atomic E-state index is -1.08. The van der Waals surface area contributed by atoms with Crippen molar-refractivity contribution in [2.24, 2.45) is 0 Å². The molecule has 4 rings (SSSR count). The van der Waals surface area contributed by atoms with Gasteiger partial charge >= 0.3 is 11.9 Å². The Morgan fingerprint density at radius 3 is 2.46 bits per heavy atom. The predicted octanol–water partition coefficient (Wildman–Crippen LogP) is 4.67. The summed E-state index contributed by atoms with van der Waals surface area (Å²) in [5.74, 6) is -1.46. The van der Waals surface area contributed by atoms with Gasteiger partial charge in [-0.15, -0.1) is 0 Å². The van der Waals surface area contributed by atoms with E-state index < -0.39 is 23.7 Å². The third-order valence-corrected chi connectivity index (χ3v) is 7.18. The molecule has 0 spiro atoms. The molecule has 1 amide bonds. The number of aliphatic hydroxyl groups is 1. The number of hydrogen-bond donors (Lipinski definition) is 1. The van der Waals surface area contributed by atoms with E-state index in [1.165, 1.54) is 19.1 Å². The van der Waals surface area contributed by atoms with Crippen molar-refractivity contribution in [1.29, 1.82) is 0 Å². The van der Waals surface area contributed by atoms with Crippen LogP contribution < -0.4 is 19.1 Å². The molecule has 204 valence electrons. The number of carbonyl (C=O) groups is 3. The highest BCUT2D eigenvalue weighted by Gasteiger charge is 2.48. The van der Waals surface area contributed by atoms with E-state index in [9.17, 15) is 19.5 Å². The van der Waals surface area contributed by atoms with E-state index in [4.69, 9.17) is 18.9 Å². The Hall–Kier alpha value is -4.38. The number of aliphatic hydroxyl groups excluding tert-OH is 1. The number of hydrogen-bond acceptors (Lipinski definition) is 10. The van der Waals surface area contributed by atoms with Crippen LogP contribution in [0.2, 0.25) is 0 Å². The standard InChI is InChI=1S/C28H28N2O8S/c1-6-37-18-10-8-9-17(13-18)23(31)21-22(16-11-12-19(35-4)20(14-16)36-5)30(26(33)24(21)32)28-29-15(3)25(39-28)27(34)38-7-2/h8-14,22,31H,6-7H2,1-5H3/b23-21+. The zero-order valence-electron chi connectivity index (χ0n) is 22.1. The highest BCUT2D eigenvalue weighted by molar-refractivity contribution is 7.17. The van der Waals surface area contributed by atoms with E-state index in [-0.39, 0.29) is 27.9 Å². The summed E-state index contributed by atoms with van der Waals surface area (Å²) in [7, 11) is 2.96. The van der Waals surface area contributed by atoms with Crippen LogP contribution in [0.15, 0.2) is 48.0 Å². The number of aryl methyl sites for hydroxylation is 1. The van der Waals surface area contributed by atoms with E-state index in [2.05, 4.69) is 4.98 Å². The van der Waals surface area contributed by atoms with Gasteiger partial charge in [-0.05, 0) is 50.6 Å². The average Bonchev–Trinajstić information content (AvgIpc) is 3.44. The lowest BCUT2D eigenvalue weighted by Gasteiger charge is -2.24. The van der Waals surface area contributed by atoms with Gasteiger partial charge in [0.2, 0.25) is 0 Å². The molecule has 2 heterocycles. The van der Waals surface area contributed by atoms with Crippen LogP contribution in [0.4, 0.5) is 5.13 Å². The topological polar surface area (TPSA) is 124 Å². The zero-order valence-corrected chi connectivity index (χ0v) is 23.0. The number of anilines is 1. The van der Waals surface area contributed by atoms with E-state index in [1.54, 1.807) is 56.3 Å². The van der Waals surface area contributed by atoms with Gasteiger partial charge in [0.05, 0.1) is 44.7 Å². The summed E-state index contributed by atoms with van der Waals surface area (Å²) in [6.45, 7) is 5.71. The van der Waals surface area contributed by atoms with Crippen LogP contribution in [0.3, 0.4) is 0 Å². The highest BCUT2D eigenvalue weighted by atomic mass is 32.1. The molecule has 0 aliphatic carbocycles. The number of amides is 1. The van der Waals surface area contributed by atoms with Gasteiger partial charge in [-0.1, -0.05) is 29.5 Å². The third-order valence-electron chi connectivity index (χ3n) is 6.04. The number of nitrogens with zero attached hydrogens (tertiary/aromatic N) is 2. The van der Waals surface area contributed by atoms with Gasteiger partial charge in [-0.3, -0.25) is 14.5 Å². The van der Waals surface area contributed by atoms with Crippen molar-refractivity contribution in [3.05, 3.63) is 69.7 Å². The minimum Gasteiger partial charge on any atom is -0.507 e. The molecule has 1 aliphatic heterocycles. The molecule has 39 heavy (non-hydrogen) atoms. The molecule has 1 aliphatic rings. The normalized spacial score (nSPS) is 16.3. The van der Waals surface area contributed by atoms with Crippen LogP contribution in [-0.4, -0.2) is 55.2 Å². The van der Waals surface area contributed by atoms with Crippen molar-refractivity contribution < 1.29 is 38.4 Å². The van der Waals surface area contributed by atoms with Gasteiger partial charge in [-0.25, -0.2) is 9.78 Å². The number of ether oxygens (including phenoxy) is 4. The number of benzene rings is 2. The molecule has 1 aromatic heterocycles. The van der Waals surface area contributed by atoms with Gasteiger partial charge in [0.1, 0.15) is 16.4 Å². The molecule has 0 radical (unpaired) electrons. The number of methoxy groups -OCH3 is 2. The summed E-state index contributed by atoms with van der Waals surface area (Å²) in [5.41, 5.74) is 0.962. The first-order valence-electron chi connectivity index (χ1n) is 12.2. The first kappa shape index (κ1) is 27.6. The van der Waals surface area contributed by atoms with Crippen LogP contribution in [0.1, 0.15) is 46.4 Å². The van der Waals surface area contributed by atoms with Crippen molar-refractivity contribution >= 4 is 39.9 Å². The molecular formula is C28H28N2O8S. The van der Waals surface area contributed by atoms with Crippen LogP contribution in [0, 0.1) is 6.92 Å². The van der Waals surface area contributed by atoms with Crippen LogP contribution >= 0.6 is 11.3 Å². The molecule has 0 saturated carbocycles. The second-order valence-electron chi connectivity index (χ2n) is 8.38. The Morgan fingerprint density at radius 2 is 1.79 bits per heavy atom. The van der Waals surface area contributed by atoms with Crippen molar-refractivity contribution in [2.75, 3.05) is 32.3 Å². The lowest BCUT2D eigenvalue weighted by molar-refractivity contribution is -0.132. The monoisotopic (exact) mass is 552 g/mol. The number of aromatic nitrogens is 1. The fourth-order valence-electron chi connectivity index (χ4n) is 4.29. The molecular weight excluding hydrogens is 524 g/mol. The summed E-state index contributed by atoms with van der Waals surface area (Å²) < 4.78 is 21.5. The number of thiazole rings is 1. The number of ketones is 1. The van der Waals surface area contributed by atoms with Gasteiger partial charge in [0.15, 0.2) is 16.6 Å². The Balaban J connectivity index is 1.94. The lowest BCUT2D eigenvalue weighted by atomic mass is 9.95. The summed E-state index contributed by atoms with van der Waals surface area (Å²) in [4.78, 5) is 45.3. The fraction of sp³-hybridized carbons (Fsp3) is 0.286. The van der Waals surface area contributed by atoms with Crippen molar-refractivity contribution in [3.63, 3.8) is 0 Å². The largest absolute Gasteiger partial charge is 0.507 e. The first-order valence-corrected chi connectivity index (χ1v) is 13.0. The summed E-state index contributed by atoms with van der Waals surface area (Å²) in [6.07, 6.45) is 0. The fourth-order valence-corrected chi connectivity index (χ4v) is 5.28. The number of rotatable bonds is 9. The Labute approximate surface area is 229 Å². The molecule has 1 atom stereocenters. The summed E-state index contributed by atoms with van der Waals surface area (Å²) >= 11 is 0.932. The molecule has 11 heteroatoms. The summed E-state index contributed by atoms with van der Waals surface area (Å²) in [6, 6.07) is 10.5. The molecule has 1 unspecified atom stereocenters. The molecule has 0 bridgehead atoms. The van der Waals surface area contributed by atoms with Crippen molar-refractivity contribution in [2.45, 2.75) is 26.8 Å². The Bertz CT molecular complexity index is 1460. The second-order valence-corrected chi connectivity index (χ2v) is 9.35. The minimum absolute atomic E-state index is 0.111. The van der Waals surface area contributed by atoms with Crippen LogP contribution in [-0.2, 0) is 14.3 Å². The maximum Gasteiger partial charge on any atom is 0.350 e. The first-order chi connectivity index (χ1) is 18.7. The molecule has 1 N–H and O–H groups in total. The zero-order chi connectivity index (χ0) is 28.3. The highest BCUT2D eigenvalue weighted by Crippen LogP contribution is 2.45. The quantitative estimate of drug-likeness (QED) is 0.174. The summed E-state index contributed by atoms with van der Waals surface area (Å²) in [5, 5.41) is 11.5. The van der Waals surface area contributed by atoms with Gasteiger partial charge in [0, 0.05) is 5.56 Å². The molecule has 10 nitrogen and oxygen atoms in total. The van der Waals surface area contributed by atoms with E-state index >= 15 is 0 Å². The predicted molar refractivity (Wildman–Crippen MR) is 145 cm³/mol. The van der Waals surface area contributed by atoms with Crippen LogP contribution in [0.5, 0.6) is 17.2 Å². The van der Waals surface area contributed by atoms with Crippen molar-refractivity contribution in [3.8, 4) is 17.2 Å². The average molecular weight is 553 g/mol. The molecule has 3 aromatic rings. The smallest absolute Gasteiger partial charge is 0.350 e. The Morgan fingerprint density at radius 1 is 1.05 bits per heavy atom. The number of esters is 1. The van der Waals surface area contributed by atoms with Crippen molar-refractivity contribution in [1.82, 2.24) is 4.98 Å².